The van der Waals surface area contributed by atoms with E-state index in [0.717, 1.165) is 22.5 Å². The Morgan fingerprint density at radius 1 is 0.824 bits per heavy atom. The van der Waals surface area contributed by atoms with Crippen LogP contribution in [-0.4, -0.2) is 148 Å². The zero-order valence-corrected chi connectivity index (χ0v) is 42.7. The normalized spacial score (nSPS) is 15.4. The lowest BCUT2D eigenvalue weighted by molar-refractivity contribution is -0.462. The molecule has 0 radical (unpaired) electrons. The zero-order valence-electron chi connectivity index (χ0n) is 42.7. The quantitative estimate of drug-likeness (QED) is 0.0180. The van der Waals surface area contributed by atoms with Crippen molar-refractivity contribution < 1.29 is 57.9 Å². The zero-order chi connectivity index (χ0) is 54.3. The number of allylic oxidation sites excluding steroid dienone is 2. The van der Waals surface area contributed by atoms with Gasteiger partial charge in [0, 0.05) is 91.9 Å². The number of rotatable bonds is 30. The second-order valence-electron chi connectivity index (χ2n) is 18.4. The van der Waals surface area contributed by atoms with E-state index in [0.29, 0.717) is 62.8 Å². The van der Waals surface area contributed by atoms with Gasteiger partial charge in [0.1, 0.15) is 44.1 Å². The van der Waals surface area contributed by atoms with Crippen molar-refractivity contribution in [3.8, 4) is 5.75 Å². The summed E-state index contributed by atoms with van der Waals surface area (Å²) >= 11 is 0. The third kappa shape index (κ3) is 18.1. The molecule has 0 saturated heterocycles. The molecule has 1 heterocycles. The number of carbonyl (C=O) groups is 8. The van der Waals surface area contributed by atoms with E-state index in [4.69, 9.17) is 16.0 Å². The van der Waals surface area contributed by atoms with Gasteiger partial charge in [-0.05, 0) is 118 Å². The van der Waals surface area contributed by atoms with E-state index in [2.05, 4.69) is 41.9 Å². The number of carboxylic acids is 2. The Kier molecular flexibility index (Phi) is 23.6. The Hall–Kier alpha value is -7.78. The minimum Gasteiger partial charge on any atom is -0.545 e. The van der Waals surface area contributed by atoms with Gasteiger partial charge >= 0.3 is 5.97 Å². The van der Waals surface area contributed by atoms with Crippen LogP contribution in [0.3, 0.4) is 0 Å². The molecule has 0 spiro atoms. The first-order chi connectivity index (χ1) is 35.3. The lowest BCUT2D eigenvalue weighted by Crippen LogP contribution is -2.53. The number of fused-ring (bicyclic) bond motifs is 2. The lowest BCUT2D eigenvalue weighted by Gasteiger charge is -2.36. The monoisotopic (exact) mass is 1030 g/mol. The fourth-order valence-corrected chi connectivity index (χ4v) is 8.27. The molecule has 74 heavy (non-hydrogen) atoms. The minimum absolute atomic E-state index is 0.0534. The number of benzene rings is 2. The SMILES string of the molecule is C[C@H](NC(=O)CCN=[N+]=[N-])C(=O)N[C@@H](CCCCN)C(=O)NCC(=O)NCCCCCC(=O)N[C@@H](CCCCNC(=O)c1ccc(C(=O)[O-])c(C2C3=CC(=[N+](C)C)C=CC3Oc3ccc(N(C)C)cc32)c1)C(=O)O. The molecule has 6 amide bonds. The molecule has 0 aromatic heterocycles. The fraction of sp³-hybridized carbons (Fsp3) is 0.510. The van der Waals surface area contributed by atoms with Crippen LogP contribution in [0.5, 0.6) is 5.75 Å². The number of carboxylic acid groups (broad SMARTS) is 2. The Balaban J connectivity index is 1.21. The van der Waals surface area contributed by atoms with Crippen LogP contribution >= 0.6 is 0 Å². The number of ether oxygens (including phenoxy) is 1. The van der Waals surface area contributed by atoms with Gasteiger partial charge < -0.3 is 62.3 Å². The highest BCUT2D eigenvalue weighted by Gasteiger charge is 2.38. The van der Waals surface area contributed by atoms with Gasteiger partial charge in [-0.1, -0.05) is 17.6 Å². The van der Waals surface area contributed by atoms with Crippen LogP contribution in [-0.2, 0) is 28.8 Å². The molecule has 2 aliphatic rings. The number of unbranched alkanes of at least 4 members (excludes halogenated alkanes) is 4. The van der Waals surface area contributed by atoms with E-state index in [1.54, 1.807) is 6.07 Å². The summed E-state index contributed by atoms with van der Waals surface area (Å²) in [5.74, 6) is -5.70. The van der Waals surface area contributed by atoms with Crippen molar-refractivity contribution in [2.24, 2.45) is 10.8 Å². The van der Waals surface area contributed by atoms with Gasteiger partial charge in [-0.15, -0.1) is 0 Å². The van der Waals surface area contributed by atoms with E-state index < -0.39 is 77.5 Å². The molecule has 0 fully saturated rings. The molecule has 23 heteroatoms. The van der Waals surface area contributed by atoms with E-state index in [1.807, 2.05) is 74.1 Å². The summed E-state index contributed by atoms with van der Waals surface area (Å²) in [6, 6.07) is 6.98. The average molecular weight is 1030 g/mol. The number of hydrogen-bond donors (Lipinski definition) is 8. The summed E-state index contributed by atoms with van der Waals surface area (Å²) in [7, 11) is 7.61. The standard InChI is InChI=1S/C51H70N12O11/c1-31(58-44(65)22-26-57-61-53)47(67)60-39(13-8-10-23-52)49(69)56-30-45(66)54-24-11-6-7-15-43(64)59-40(51(72)73)14-9-12-25-55-48(68)32-16-19-35(50(70)71)36(27-32)46-37-28-33(62(2)3)17-20-41(37)74-42-21-18-34(63(4)5)29-38(42)46/h16-21,27-29,31,39-41,46H,6-15,22-26,30,52H2,1-5H3,(H7-,54,55,56,58,59,60,64,65,66,67,68,69,70,71,72,73)/t31-,39-,40-,41?,46?/m0/s1. The van der Waals surface area contributed by atoms with Gasteiger partial charge in [-0.3, -0.25) is 28.8 Å². The summed E-state index contributed by atoms with van der Waals surface area (Å²) in [4.78, 5) is 106. The van der Waals surface area contributed by atoms with Crippen LogP contribution in [0.1, 0.15) is 115 Å². The summed E-state index contributed by atoms with van der Waals surface area (Å²) in [5, 5.41) is 41.4. The molecule has 2 aromatic carbocycles. The van der Waals surface area contributed by atoms with Crippen LogP contribution in [0.4, 0.5) is 5.69 Å². The number of carbonyl (C=O) groups excluding carboxylic acids is 7. The second-order valence-corrected chi connectivity index (χ2v) is 18.4. The van der Waals surface area contributed by atoms with Crippen molar-refractivity contribution >= 4 is 58.8 Å². The number of aliphatic carboxylic acids is 1. The molecule has 4 rings (SSSR count). The number of azide groups is 1. The van der Waals surface area contributed by atoms with Crippen molar-refractivity contribution in [1.82, 2.24) is 31.9 Å². The fourth-order valence-electron chi connectivity index (χ4n) is 8.27. The third-order valence-electron chi connectivity index (χ3n) is 12.4. The maximum absolute atomic E-state index is 13.6. The highest BCUT2D eigenvalue weighted by atomic mass is 16.5. The molecule has 0 bridgehead atoms. The van der Waals surface area contributed by atoms with Gasteiger partial charge in [0.2, 0.25) is 29.5 Å². The first kappa shape index (κ1) is 58.8. The molecule has 400 valence electrons. The second kappa shape index (κ2) is 29.7. The van der Waals surface area contributed by atoms with E-state index >= 15 is 0 Å². The van der Waals surface area contributed by atoms with Crippen LogP contribution in [0.15, 0.2) is 65.3 Å². The van der Waals surface area contributed by atoms with Gasteiger partial charge in [0.25, 0.3) is 5.91 Å². The summed E-state index contributed by atoms with van der Waals surface area (Å²) in [6.07, 6.45) is 8.97. The highest BCUT2D eigenvalue weighted by Crippen LogP contribution is 2.47. The number of anilines is 1. The summed E-state index contributed by atoms with van der Waals surface area (Å²) in [6.45, 7) is 1.82. The summed E-state index contributed by atoms with van der Waals surface area (Å²) < 4.78 is 8.33. The van der Waals surface area contributed by atoms with Crippen LogP contribution < -0.4 is 52.4 Å². The van der Waals surface area contributed by atoms with Crippen molar-refractivity contribution in [1.29, 1.82) is 0 Å². The molecular weight excluding hydrogens is 957 g/mol. The van der Waals surface area contributed by atoms with Crippen molar-refractivity contribution in [3.05, 3.63) is 92.9 Å². The molecule has 5 atom stereocenters. The Labute approximate surface area is 430 Å². The first-order valence-corrected chi connectivity index (χ1v) is 24.8. The molecule has 1 aliphatic heterocycles. The lowest BCUT2D eigenvalue weighted by atomic mass is 9.76. The maximum Gasteiger partial charge on any atom is 0.326 e. The number of nitrogens with zero attached hydrogens (tertiary/aromatic N) is 5. The highest BCUT2D eigenvalue weighted by molar-refractivity contribution is 6.03. The molecule has 0 saturated carbocycles. The molecule has 1 aliphatic carbocycles. The van der Waals surface area contributed by atoms with Crippen molar-refractivity contribution in [2.75, 3.05) is 65.8 Å². The number of amides is 6. The average Bonchev–Trinajstić information content (AvgIpc) is 3.36. The van der Waals surface area contributed by atoms with Gasteiger partial charge in [0.05, 0.1) is 12.5 Å². The summed E-state index contributed by atoms with van der Waals surface area (Å²) in [5.41, 5.74) is 17.8. The first-order valence-electron chi connectivity index (χ1n) is 24.8. The number of nitrogens with two attached hydrogens (primary N) is 1. The largest absolute Gasteiger partial charge is 0.545 e. The maximum atomic E-state index is 13.6. The van der Waals surface area contributed by atoms with Gasteiger partial charge in [-0.2, -0.15) is 0 Å². The van der Waals surface area contributed by atoms with E-state index in [1.165, 1.54) is 19.1 Å². The molecule has 2 aromatic rings. The van der Waals surface area contributed by atoms with E-state index in [9.17, 15) is 48.6 Å². The minimum atomic E-state index is -1.39. The van der Waals surface area contributed by atoms with Crippen LogP contribution in [0.2, 0.25) is 0 Å². The van der Waals surface area contributed by atoms with Crippen molar-refractivity contribution in [3.63, 3.8) is 0 Å². The molecular formula is C51H70N12O11. The topological polar surface area (TPSA) is 342 Å². The molecule has 9 N–H and O–H groups in total. The van der Waals surface area contributed by atoms with Gasteiger partial charge in [0.15, 0.2) is 5.71 Å². The predicted octanol–water partition coefficient (Wildman–Crippen LogP) is 1.30. The predicted molar refractivity (Wildman–Crippen MR) is 273 cm³/mol. The van der Waals surface area contributed by atoms with Gasteiger partial charge in [-0.25, -0.2) is 9.37 Å². The molecule has 2 unspecified atom stereocenters. The number of hydrogen-bond acceptors (Lipinski definition) is 13. The molecule has 23 nitrogen and oxygen atoms in total. The van der Waals surface area contributed by atoms with Crippen LogP contribution in [0, 0.1) is 0 Å². The third-order valence-corrected chi connectivity index (χ3v) is 12.4. The number of nitrogens with one attached hydrogen (secondary N) is 6. The van der Waals surface area contributed by atoms with Crippen molar-refractivity contribution in [2.45, 2.75) is 108 Å². The van der Waals surface area contributed by atoms with E-state index in [-0.39, 0.29) is 63.0 Å². The smallest absolute Gasteiger partial charge is 0.326 e. The Morgan fingerprint density at radius 3 is 2.22 bits per heavy atom. The number of aromatic carboxylic acids is 1. The Morgan fingerprint density at radius 2 is 1.53 bits per heavy atom. The Bertz CT molecular complexity index is 2520. The van der Waals surface area contributed by atoms with Crippen LogP contribution in [0.25, 0.3) is 10.4 Å².